The normalized spacial score (nSPS) is 13.0. The summed E-state index contributed by atoms with van der Waals surface area (Å²) in [6.45, 7) is 5.47. The van der Waals surface area contributed by atoms with Crippen LogP contribution in [0.15, 0.2) is 34.4 Å². The van der Waals surface area contributed by atoms with Gasteiger partial charge in [0.1, 0.15) is 0 Å². The molecule has 0 fully saturated rings. The fourth-order valence-corrected chi connectivity index (χ4v) is 0.803. The molecule has 0 aliphatic rings. The lowest BCUT2D eigenvalue weighted by molar-refractivity contribution is 0.993. The molecule has 0 aliphatic carbocycles. The van der Waals surface area contributed by atoms with E-state index in [0.717, 1.165) is 18.6 Å². The van der Waals surface area contributed by atoms with Gasteiger partial charge in [-0.3, -0.25) is 9.98 Å². The van der Waals surface area contributed by atoms with Crippen LogP contribution in [-0.2, 0) is 0 Å². The van der Waals surface area contributed by atoms with Gasteiger partial charge in [0.15, 0.2) is 0 Å². The van der Waals surface area contributed by atoms with Crippen molar-refractivity contribution in [3.8, 4) is 0 Å². The van der Waals surface area contributed by atoms with E-state index >= 15 is 0 Å². The van der Waals surface area contributed by atoms with Gasteiger partial charge in [-0.2, -0.15) is 0 Å². The van der Waals surface area contributed by atoms with E-state index in [1.165, 1.54) is 0 Å². The summed E-state index contributed by atoms with van der Waals surface area (Å²) >= 11 is 0. The third kappa shape index (κ3) is 5.59. The van der Waals surface area contributed by atoms with Crippen molar-refractivity contribution < 1.29 is 0 Å². The molecule has 0 saturated heterocycles. The molecule has 0 radical (unpaired) electrons. The van der Waals surface area contributed by atoms with Crippen LogP contribution in [0, 0.1) is 0 Å². The summed E-state index contributed by atoms with van der Waals surface area (Å²) < 4.78 is 0. The van der Waals surface area contributed by atoms with Crippen molar-refractivity contribution in [1.29, 1.82) is 0 Å². The highest BCUT2D eigenvalue weighted by atomic mass is 14.7. The number of hydrogen-bond donors (Lipinski definition) is 0. The summed E-state index contributed by atoms with van der Waals surface area (Å²) in [5.74, 6) is 0. The minimum atomic E-state index is 1.03. The Hall–Kier alpha value is -1.18. The highest BCUT2D eigenvalue weighted by molar-refractivity contribution is 5.94. The summed E-state index contributed by atoms with van der Waals surface area (Å²) in [5.41, 5.74) is 1.12. The van der Waals surface area contributed by atoms with Gasteiger partial charge in [0.2, 0.25) is 0 Å². The van der Waals surface area contributed by atoms with Gasteiger partial charge in [0.25, 0.3) is 0 Å². The summed E-state index contributed by atoms with van der Waals surface area (Å²) in [4.78, 5) is 7.71. The molecule has 2 heteroatoms. The Bertz CT molecular complexity index is 200. The van der Waals surface area contributed by atoms with E-state index in [4.69, 9.17) is 0 Å². The first-order valence-corrected chi connectivity index (χ1v) is 4.09. The monoisotopic (exact) mass is 164 g/mol. The van der Waals surface area contributed by atoms with Crippen molar-refractivity contribution in [3.63, 3.8) is 0 Å². The van der Waals surface area contributed by atoms with E-state index in [1.54, 1.807) is 6.20 Å². The molecule has 0 rings (SSSR count). The molecule has 0 atom stereocenters. The van der Waals surface area contributed by atoms with Gasteiger partial charge in [-0.15, -0.1) is 0 Å². The quantitative estimate of drug-likeness (QED) is 0.441. The number of aliphatic imine (C=N–C) groups is 2. The summed E-state index contributed by atoms with van der Waals surface area (Å²) in [6, 6.07) is 0. The molecule has 66 valence electrons. The Morgan fingerprint density at radius 3 is 2.67 bits per heavy atom. The van der Waals surface area contributed by atoms with Gasteiger partial charge in [-0.25, -0.2) is 0 Å². The summed E-state index contributed by atoms with van der Waals surface area (Å²) in [6.07, 6.45) is 9.56. The molecule has 12 heavy (non-hydrogen) atoms. The fourth-order valence-electron chi connectivity index (χ4n) is 0.803. The molecule has 0 saturated carbocycles. The van der Waals surface area contributed by atoms with E-state index in [9.17, 15) is 0 Å². The van der Waals surface area contributed by atoms with E-state index in [0.29, 0.717) is 0 Å². The smallest absolute Gasteiger partial charge is 0.0344 e. The first kappa shape index (κ1) is 10.8. The molecule has 0 aliphatic heterocycles. The lowest BCUT2D eigenvalue weighted by atomic mass is 10.2. The molecule has 0 spiro atoms. The standard InChI is InChI=1S/C10H16N2/c1-4-7-10(12-3)8-5-6-9-11-2/h5-6,8-9H,2,4,7H2,1,3H3/b8-5+,9-6-,12-10?. The number of hydrogen-bond acceptors (Lipinski definition) is 2. The first-order valence-electron chi connectivity index (χ1n) is 4.09. The van der Waals surface area contributed by atoms with Crippen molar-refractivity contribution in [3.05, 3.63) is 24.4 Å². The number of allylic oxidation sites excluding steroid dienone is 3. The maximum absolute atomic E-state index is 4.13. The predicted octanol–water partition coefficient (Wildman–Crippen LogP) is 2.63. The summed E-state index contributed by atoms with van der Waals surface area (Å²) in [5, 5.41) is 0. The molecule has 0 aromatic heterocycles. The Labute approximate surface area is 74.4 Å². The van der Waals surface area contributed by atoms with Gasteiger partial charge in [-0.1, -0.05) is 19.4 Å². The molecule has 0 unspecified atom stereocenters. The number of nitrogens with zero attached hydrogens (tertiary/aromatic N) is 2. The van der Waals surface area contributed by atoms with Crippen molar-refractivity contribution in [1.82, 2.24) is 0 Å². The van der Waals surface area contributed by atoms with Crippen LogP contribution < -0.4 is 0 Å². The average molecular weight is 164 g/mol. The van der Waals surface area contributed by atoms with E-state index in [2.05, 4.69) is 23.6 Å². The topological polar surface area (TPSA) is 24.7 Å². The van der Waals surface area contributed by atoms with Crippen LogP contribution in [0.1, 0.15) is 19.8 Å². The van der Waals surface area contributed by atoms with Gasteiger partial charge < -0.3 is 0 Å². The van der Waals surface area contributed by atoms with Crippen LogP contribution >= 0.6 is 0 Å². The van der Waals surface area contributed by atoms with Crippen molar-refractivity contribution in [2.45, 2.75) is 19.8 Å². The highest BCUT2D eigenvalue weighted by Crippen LogP contribution is 1.93. The van der Waals surface area contributed by atoms with Crippen LogP contribution in [0.2, 0.25) is 0 Å². The second kappa shape index (κ2) is 7.92. The molecule has 0 aromatic carbocycles. The third-order valence-corrected chi connectivity index (χ3v) is 1.38. The Kier molecular flexibility index (Phi) is 7.14. The third-order valence-electron chi connectivity index (χ3n) is 1.38. The maximum atomic E-state index is 4.13. The second-order valence-electron chi connectivity index (χ2n) is 2.35. The molecular formula is C10H16N2. The molecule has 0 N–H and O–H groups in total. The Morgan fingerprint density at radius 1 is 1.42 bits per heavy atom. The molecule has 2 nitrogen and oxygen atoms in total. The van der Waals surface area contributed by atoms with Crippen molar-refractivity contribution in [2.24, 2.45) is 9.98 Å². The molecule has 0 bridgehead atoms. The highest BCUT2D eigenvalue weighted by Gasteiger charge is 1.87. The predicted molar refractivity (Wildman–Crippen MR) is 56.1 cm³/mol. The Balaban J connectivity index is 3.93. The zero-order valence-corrected chi connectivity index (χ0v) is 7.83. The second-order valence-corrected chi connectivity index (χ2v) is 2.35. The minimum Gasteiger partial charge on any atom is -0.293 e. The van der Waals surface area contributed by atoms with Crippen LogP contribution in [-0.4, -0.2) is 19.5 Å². The fraction of sp³-hybridized carbons (Fsp3) is 0.400. The van der Waals surface area contributed by atoms with Crippen LogP contribution in [0.5, 0.6) is 0 Å². The zero-order valence-electron chi connectivity index (χ0n) is 7.83. The molecule has 0 aromatic rings. The lowest BCUT2D eigenvalue weighted by Gasteiger charge is -1.93. The molecular weight excluding hydrogens is 148 g/mol. The molecule has 0 amide bonds. The van der Waals surface area contributed by atoms with Crippen molar-refractivity contribution >= 4 is 12.4 Å². The van der Waals surface area contributed by atoms with E-state index in [-0.39, 0.29) is 0 Å². The van der Waals surface area contributed by atoms with Crippen LogP contribution in [0.3, 0.4) is 0 Å². The van der Waals surface area contributed by atoms with Crippen LogP contribution in [0.4, 0.5) is 0 Å². The van der Waals surface area contributed by atoms with Gasteiger partial charge >= 0.3 is 0 Å². The zero-order chi connectivity index (χ0) is 9.23. The van der Waals surface area contributed by atoms with Gasteiger partial charge in [0.05, 0.1) is 0 Å². The van der Waals surface area contributed by atoms with Crippen molar-refractivity contribution in [2.75, 3.05) is 7.05 Å². The first-order chi connectivity index (χ1) is 5.85. The maximum Gasteiger partial charge on any atom is 0.0344 e. The average Bonchev–Trinajstić information content (AvgIpc) is 2.10. The van der Waals surface area contributed by atoms with E-state index < -0.39 is 0 Å². The minimum absolute atomic E-state index is 1.03. The van der Waals surface area contributed by atoms with Crippen LogP contribution in [0.25, 0.3) is 0 Å². The molecule has 0 heterocycles. The summed E-state index contributed by atoms with van der Waals surface area (Å²) in [7, 11) is 1.81. The largest absolute Gasteiger partial charge is 0.293 e. The lowest BCUT2D eigenvalue weighted by Crippen LogP contribution is -1.90. The van der Waals surface area contributed by atoms with E-state index in [1.807, 2.05) is 25.3 Å². The van der Waals surface area contributed by atoms with Gasteiger partial charge in [-0.05, 0) is 25.3 Å². The van der Waals surface area contributed by atoms with Gasteiger partial charge in [0, 0.05) is 19.0 Å². The Morgan fingerprint density at radius 2 is 2.17 bits per heavy atom. The SMILES string of the molecule is C=N/C=C\C=C\C(CCC)=NC. The number of rotatable bonds is 5.